The van der Waals surface area contributed by atoms with Crippen molar-refractivity contribution in [1.82, 2.24) is 15.3 Å². The van der Waals surface area contributed by atoms with Crippen LogP contribution in [0, 0.1) is 5.92 Å². The van der Waals surface area contributed by atoms with E-state index < -0.39 is 0 Å². The van der Waals surface area contributed by atoms with Crippen LogP contribution in [0.2, 0.25) is 0 Å². The molecule has 5 heteroatoms. The van der Waals surface area contributed by atoms with Crippen LogP contribution < -0.4 is 5.32 Å². The first-order valence-corrected chi connectivity index (χ1v) is 4.42. The van der Waals surface area contributed by atoms with E-state index in [1.807, 2.05) is 18.5 Å². The number of nitrogens with zero attached hydrogens (tertiary/aromatic N) is 2. The fraction of sp³-hybridized carbons (Fsp3) is 0.556. The first kappa shape index (κ1) is 13.6. The number of aromatic nitrogens is 2. The van der Waals surface area contributed by atoms with Gasteiger partial charge in [-0.1, -0.05) is 0 Å². The zero-order valence-corrected chi connectivity index (χ0v) is 9.48. The van der Waals surface area contributed by atoms with Crippen LogP contribution in [0.4, 0.5) is 0 Å². The van der Waals surface area contributed by atoms with Crippen LogP contribution in [0.1, 0.15) is 12.2 Å². The summed E-state index contributed by atoms with van der Waals surface area (Å²) >= 11 is 0. The third-order valence-electron chi connectivity index (χ3n) is 2.25. The minimum absolute atomic E-state index is 0. The van der Waals surface area contributed by atoms with E-state index in [1.165, 1.54) is 6.42 Å². The lowest BCUT2D eigenvalue weighted by Crippen LogP contribution is -2.11. The van der Waals surface area contributed by atoms with E-state index >= 15 is 0 Å². The second-order valence-electron chi connectivity index (χ2n) is 3.23. The Morgan fingerprint density at radius 2 is 2.00 bits per heavy atom. The Hall–Kier alpha value is -0.380. The quantitative estimate of drug-likeness (QED) is 0.845. The number of hydrogen-bond donors (Lipinski definition) is 1. The van der Waals surface area contributed by atoms with Crippen LogP contribution in [0.25, 0.3) is 0 Å². The summed E-state index contributed by atoms with van der Waals surface area (Å²) < 4.78 is 0. The smallest absolute Gasteiger partial charge is 0.128 e. The SMILES string of the molecule is Cl.Cl.c1cnc(CC2CCNC2)nc1. The Morgan fingerprint density at radius 1 is 1.29 bits per heavy atom. The minimum atomic E-state index is 0. The molecule has 1 atom stereocenters. The van der Waals surface area contributed by atoms with Crippen LogP contribution >= 0.6 is 24.8 Å². The van der Waals surface area contributed by atoms with Gasteiger partial charge in [-0.25, -0.2) is 9.97 Å². The molecule has 1 fully saturated rings. The monoisotopic (exact) mass is 235 g/mol. The second-order valence-corrected chi connectivity index (χ2v) is 3.23. The van der Waals surface area contributed by atoms with Gasteiger partial charge in [0, 0.05) is 18.8 Å². The lowest BCUT2D eigenvalue weighted by atomic mass is 10.1. The fourth-order valence-corrected chi connectivity index (χ4v) is 1.58. The van der Waals surface area contributed by atoms with Crippen LogP contribution in [-0.2, 0) is 6.42 Å². The number of hydrogen-bond acceptors (Lipinski definition) is 3. The van der Waals surface area contributed by atoms with Gasteiger partial charge in [0.1, 0.15) is 5.82 Å². The van der Waals surface area contributed by atoms with E-state index in [0.29, 0.717) is 0 Å². The summed E-state index contributed by atoms with van der Waals surface area (Å²) in [6, 6.07) is 1.86. The molecule has 2 rings (SSSR count). The molecular weight excluding hydrogens is 221 g/mol. The van der Waals surface area contributed by atoms with Gasteiger partial charge in [0.2, 0.25) is 0 Å². The van der Waals surface area contributed by atoms with E-state index in [0.717, 1.165) is 31.3 Å². The van der Waals surface area contributed by atoms with E-state index in [4.69, 9.17) is 0 Å². The van der Waals surface area contributed by atoms with Crippen molar-refractivity contribution in [1.29, 1.82) is 0 Å². The third-order valence-corrected chi connectivity index (χ3v) is 2.25. The Labute approximate surface area is 96.5 Å². The predicted molar refractivity (Wildman–Crippen MR) is 61.2 cm³/mol. The van der Waals surface area contributed by atoms with Gasteiger partial charge >= 0.3 is 0 Å². The molecule has 2 heterocycles. The molecule has 0 aromatic carbocycles. The van der Waals surface area contributed by atoms with Gasteiger partial charge < -0.3 is 5.32 Å². The highest BCUT2D eigenvalue weighted by atomic mass is 35.5. The molecule has 1 aliphatic heterocycles. The number of nitrogens with one attached hydrogen (secondary N) is 1. The summed E-state index contributed by atoms with van der Waals surface area (Å²) in [6.07, 6.45) is 5.90. The molecule has 0 aliphatic carbocycles. The van der Waals surface area contributed by atoms with Gasteiger partial charge in [0.05, 0.1) is 0 Å². The molecule has 14 heavy (non-hydrogen) atoms. The maximum atomic E-state index is 4.20. The largest absolute Gasteiger partial charge is 0.316 e. The Balaban J connectivity index is 0.000000845. The van der Waals surface area contributed by atoms with Gasteiger partial charge in [-0.15, -0.1) is 24.8 Å². The Kier molecular flexibility index (Phi) is 6.79. The highest BCUT2D eigenvalue weighted by Gasteiger charge is 2.15. The number of halogens is 2. The second kappa shape index (κ2) is 6.98. The first-order valence-electron chi connectivity index (χ1n) is 4.42. The molecule has 0 bridgehead atoms. The zero-order valence-electron chi connectivity index (χ0n) is 7.85. The molecule has 0 saturated carbocycles. The normalized spacial score (nSPS) is 19.6. The van der Waals surface area contributed by atoms with Gasteiger partial charge in [-0.05, 0) is 31.5 Å². The van der Waals surface area contributed by atoms with E-state index in [2.05, 4.69) is 15.3 Å². The van der Waals surface area contributed by atoms with Crippen molar-refractivity contribution >= 4 is 24.8 Å². The van der Waals surface area contributed by atoms with Crippen molar-refractivity contribution in [3.05, 3.63) is 24.3 Å². The summed E-state index contributed by atoms with van der Waals surface area (Å²) in [6.45, 7) is 2.27. The van der Waals surface area contributed by atoms with Crippen LogP contribution in [0.15, 0.2) is 18.5 Å². The average Bonchev–Trinajstić information content (AvgIpc) is 2.59. The molecule has 0 spiro atoms. The van der Waals surface area contributed by atoms with Crippen molar-refractivity contribution in [2.24, 2.45) is 5.92 Å². The standard InChI is InChI=1S/C9H13N3.2ClH/c1-3-11-9(12-4-1)6-8-2-5-10-7-8;;/h1,3-4,8,10H,2,5-7H2;2*1H. The zero-order chi connectivity index (χ0) is 8.23. The lowest BCUT2D eigenvalue weighted by molar-refractivity contribution is 0.561. The van der Waals surface area contributed by atoms with E-state index in [1.54, 1.807) is 0 Å². The summed E-state index contributed by atoms with van der Waals surface area (Å²) in [4.78, 5) is 8.41. The van der Waals surface area contributed by atoms with Crippen LogP contribution in [0.5, 0.6) is 0 Å². The van der Waals surface area contributed by atoms with Crippen LogP contribution in [-0.4, -0.2) is 23.1 Å². The van der Waals surface area contributed by atoms with Crippen molar-refractivity contribution in [2.75, 3.05) is 13.1 Å². The topological polar surface area (TPSA) is 37.8 Å². The molecule has 0 radical (unpaired) electrons. The van der Waals surface area contributed by atoms with Gasteiger partial charge in [0.25, 0.3) is 0 Å². The van der Waals surface area contributed by atoms with Gasteiger partial charge in [-0.3, -0.25) is 0 Å². The van der Waals surface area contributed by atoms with Crippen LogP contribution in [0.3, 0.4) is 0 Å². The van der Waals surface area contributed by atoms with Crippen molar-refractivity contribution in [3.8, 4) is 0 Å². The minimum Gasteiger partial charge on any atom is -0.316 e. The highest BCUT2D eigenvalue weighted by Crippen LogP contribution is 2.11. The van der Waals surface area contributed by atoms with Crippen molar-refractivity contribution in [3.63, 3.8) is 0 Å². The summed E-state index contributed by atoms with van der Waals surface area (Å²) in [5, 5.41) is 3.34. The molecule has 1 aliphatic rings. The van der Waals surface area contributed by atoms with Crippen molar-refractivity contribution in [2.45, 2.75) is 12.8 Å². The molecule has 1 aromatic rings. The Morgan fingerprint density at radius 3 is 2.57 bits per heavy atom. The highest BCUT2D eigenvalue weighted by molar-refractivity contribution is 5.85. The van der Waals surface area contributed by atoms with Gasteiger partial charge in [-0.2, -0.15) is 0 Å². The van der Waals surface area contributed by atoms with Crippen molar-refractivity contribution < 1.29 is 0 Å². The molecule has 1 saturated heterocycles. The molecule has 1 unspecified atom stereocenters. The predicted octanol–water partition coefficient (Wildman–Crippen LogP) is 1.47. The summed E-state index contributed by atoms with van der Waals surface area (Å²) in [7, 11) is 0. The first-order chi connectivity index (χ1) is 5.95. The number of rotatable bonds is 2. The van der Waals surface area contributed by atoms with E-state index in [9.17, 15) is 0 Å². The molecule has 1 N–H and O–H groups in total. The average molecular weight is 236 g/mol. The lowest BCUT2D eigenvalue weighted by Gasteiger charge is -2.04. The maximum absolute atomic E-state index is 4.20. The molecule has 0 amide bonds. The summed E-state index contributed by atoms with van der Waals surface area (Å²) in [5.41, 5.74) is 0. The molecule has 3 nitrogen and oxygen atoms in total. The van der Waals surface area contributed by atoms with Gasteiger partial charge in [0.15, 0.2) is 0 Å². The molecular formula is C9H15Cl2N3. The Bertz CT molecular complexity index is 237. The molecule has 1 aromatic heterocycles. The fourth-order valence-electron chi connectivity index (χ4n) is 1.58. The third kappa shape index (κ3) is 3.78. The maximum Gasteiger partial charge on any atom is 0.128 e. The summed E-state index contributed by atoms with van der Waals surface area (Å²) in [5.74, 6) is 1.72. The van der Waals surface area contributed by atoms with E-state index in [-0.39, 0.29) is 24.8 Å². The molecule has 80 valence electrons.